The van der Waals surface area contributed by atoms with E-state index >= 15 is 0 Å². The van der Waals surface area contributed by atoms with E-state index in [0.717, 1.165) is 17.7 Å². The third-order valence-electron chi connectivity index (χ3n) is 2.99. The lowest BCUT2D eigenvalue weighted by Gasteiger charge is -2.20. The number of nitrogens with one attached hydrogen (secondary N) is 3. The minimum atomic E-state index is -4.35. The van der Waals surface area contributed by atoms with Crippen LogP contribution in [0.2, 0.25) is 0 Å². The summed E-state index contributed by atoms with van der Waals surface area (Å²) in [5.41, 5.74) is 0.531. The number of benzene rings is 1. The normalized spacial score (nSPS) is 20.4. The molecule has 0 fully saturated rings. The van der Waals surface area contributed by atoms with Gasteiger partial charge in [0, 0.05) is 11.3 Å². The van der Waals surface area contributed by atoms with E-state index in [1.807, 2.05) is 6.08 Å². The van der Waals surface area contributed by atoms with Crippen molar-refractivity contribution in [2.24, 2.45) is 4.99 Å². The Labute approximate surface area is 113 Å². The molecule has 1 atom stereocenters. The predicted octanol–water partition coefficient (Wildman–Crippen LogP) is 2.40. The molecule has 0 saturated heterocycles. The van der Waals surface area contributed by atoms with Crippen molar-refractivity contribution in [3.05, 3.63) is 53.5 Å². The zero-order chi connectivity index (χ0) is 14.2. The zero-order valence-corrected chi connectivity index (χ0v) is 10.2. The largest absolute Gasteiger partial charge is 0.416 e. The van der Waals surface area contributed by atoms with Gasteiger partial charge >= 0.3 is 6.18 Å². The van der Waals surface area contributed by atoms with Crippen LogP contribution in [0.4, 0.5) is 18.9 Å². The summed E-state index contributed by atoms with van der Waals surface area (Å²) >= 11 is 0. The number of nitrogens with zero attached hydrogens (tertiary/aromatic N) is 1. The van der Waals surface area contributed by atoms with Crippen LogP contribution in [-0.2, 0) is 6.18 Å². The fourth-order valence-electron chi connectivity index (χ4n) is 2.04. The van der Waals surface area contributed by atoms with E-state index in [2.05, 4.69) is 20.9 Å². The Morgan fingerprint density at radius 1 is 1.25 bits per heavy atom. The fraction of sp³-hybridized carbons (Fsp3) is 0.154. The molecular weight excluding hydrogens is 269 g/mol. The molecule has 2 aliphatic rings. The van der Waals surface area contributed by atoms with Gasteiger partial charge in [0.05, 0.1) is 11.9 Å². The summed E-state index contributed by atoms with van der Waals surface area (Å²) in [6.07, 6.45) is 0.533. The van der Waals surface area contributed by atoms with Crippen molar-refractivity contribution in [2.75, 3.05) is 5.32 Å². The molecule has 0 aliphatic carbocycles. The van der Waals surface area contributed by atoms with E-state index < -0.39 is 11.7 Å². The Morgan fingerprint density at radius 3 is 2.90 bits per heavy atom. The third-order valence-corrected chi connectivity index (χ3v) is 2.99. The number of hydrogen-bond donors (Lipinski definition) is 3. The number of fused-ring (bicyclic) bond motifs is 1. The van der Waals surface area contributed by atoms with Crippen molar-refractivity contribution < 1.29 is 13.2 Å². The van der Waals surface area contributed by atoms with Crippen LogP contribution in [0.15, 0.2) is 52.9 Å². The summed E-state index contributed by atoms with van der Waals surface area (Å²) in [6.45, 7) is 0. The van der Waals surface area contributed by atoms with Crippen LogP contribution in [0.1, 0.15) is 5.56 Å². The van der Waals surface area contributed by atoms with Crippen LogP contribution in [-0.4, -0.2) is 12.5 Å². The fourth-order valence-corrected chi connectivity index (χ4v) is 2.04. The Morgan fingerprint density at radius 2 is 2.10 bits per heavy atom. The van der Waals surface area contributed by atoms with Gasteiger partial charge in [0.2, 0.25) is 0 Å². The summed E-state index contributed by atoms with van der Waals surface area (Å²) in [4.78, 5) is 4.15. The first-order valence-corrected chi connectivity index (χ1v) is 5.93. The van der Waals surface area contributed by atoms with E-state index in [4.69, 9.17) is 0 Å². The first kappa shape index (κ1) is 12.6. The molecule has 20 heavy (non-hydrogen) atoms. The van der Waals surface area contributed by atoms with Crippen molar-refractivity contribution in [2.45, 2.75) is 12.3 Å². The number of rotatable bonds is 2. The second-order valence-corrected chi connectivity index (χ2v) is 4.36. The van der Waals surface area contributed by atoms with Gasteiger partial charge in [-0.25, -0.2) is 4.99 Å². The van der Waals surface area contributed by atoms with Gasteiger partial charge in [-0.05, 0) is 30.5 Å². The molecule has 4 nitrogen and oxygen atoms in total. The van der Waals surface area contributed by atoms with Crippen LogP contribution in [0, 0.1) is 0 Å². The molecule has 0 bridgehead atoms. The molecule has 0 radical (unpaired) electrons. The molecule has 3 rings (SSSR count). The highest BCUT2D eigenvalue weighted by Gasteiger charge is 2.30. The van der Waals surface area contributed by atoms with Gasteiger partial charge in [0.25, 0.3) is 0 Å². The van der Waals surface area contributed by atoms with Crippen LogP contribution < -0.4 is 16.0 Å². The first-order valence-electron chi connectivity index (χ1n) is 5.93. The average molecular weight is 280 g/mol. The third kappa shape index (κ3) is 2.34. The molecule has 104 valence electrons. The molecular formula is C13H11F3N4. The van der Waals surface area contributed by atoms with E-state index in [-0.39, 0.29) is 6.17 Å². The quantitative estimate of drug-likeness (QED) is 0.779. The van der Waals surface area contributed by atoms with Crippen molar-refractivity contribution in [1.82, 2.24) is 10.6 Å². The van der Waals surface area contributed by atoms with Gasteiger partial charge in [0.1, 0.15) is 12.0 Å². The molecule has 1 aromatic rings. The highest BCUT2D eigenvalue weighted by molar-refractivity contribution is 5.66. The van der Waals surface area contributed by atoms with Gasteiger partial charge in [-0.1, -0.05) is 6.07 Å². The number of hydrogen-bond acceptors (Lipinski definition) is 4. The van der Waals surface area contributed by atoms with E-state index in [0.29, 0.717) is 11.5 Å². The van der Waals surface area contributed by atoms with Crippen LogP contribution in [0.5, 0.6) is 0 Å². The molecule has 0 amide bonds. The lowest BCUT2D eigenvalue weighted by Crippen LogP contribution is -2.32. The Balaban J connectivity index is 1.87. The van der Waals surface area contributed by atoms with Gasteiger partial charge in [-0.3, -0.25) is 0 Å². The number of anilines is 1. The molecule has 3 N–H and O–H groups in total. The lowest BCUT2D eigenvalue weighted by atomic mass is 10.1. The Kier molecular flexibility index (Phi) is 2.89. The van der Waals surface area contributed by atoms with Crippen molar-refractivity contribution >= 4 is 12.0 Å². The highest BCUT2D eigenvalue weighted by atomic mass is 19.4. The Bertz CT molecular complexity index is 616. The molecule has 1 aromatic carbocycles. The van der Waals surface area contributed by atoms with E-state index in [1.54, 1.807) is 12.3 Å². The summed E-state index contributed by atoms with van der Waals surface area (Å²) in [5.74, 6) is 0.616. The van der Waals surface area contributed by atoms with Crippen LogP contribution >= 0.6 is 0 Å². The SMILES string of the molecule is FC(F)(F)c1cccc(NC2=C3C=CNC3N=CN2)c1. The predicted molar refractivity (Wildman–Crippen MR) is 69.8 cm³/mol. The average Bonchev–Trinajstić information content (AvgIpc) is 2.87. The molecule has 0 saturated carbocycles. The topological polar surface area (TPSA) is 48.5 Å². The second kappa shape index (κ2) is 4.59. The summed E-state index contributed by atoms with van der Waals surface area (Å²) in [7, 11) is 0. The minimum Gasteiger partial charge on any atom is -0.366 e. The molecule has 1 unspecified atom stereocenters. The van der Waals surface area contributed by atoms with Gasteiger partial charge in [-0.2, -0.15) is 13.2 Å². The smallest absolute Gasteiger partial charge is 0.366 e. The van der Waals surface area contributed by atoms with Crippen molar-refractivity contribution in [1.29, 1.82) is 0 Å². The van der Waals surface area contributed by atoms with Crippen LogP contribution in [0.25, 0.3) is 0 Å². The van der Waals surface area contributed by atoms with E-state index in [1.165, 1.54) is 12.4 Å². The summed E-state index contributed by atoms with van der Waals surface area (Å²) in [6, 6.07) is 5.06. The zero-order valence-electron chi connectivity index (χ0n) is 10.2. The summed E-state index contributed by atoms with van der Waals surface area (Å²) < 4.78 is 38.0. The van der Waals surface area contributed by atoms with Gasteiger partial charge < -0.3 is 16.0 Å². The van der Waals surface area contributed by atoms with E-state index in [9.17, 15) is 13.2 Å². The number of aliphatic imine (C=N–C) groups is 1. The maximum absolute atomic E-state index is 12.7. The summed E-state index contributed by atoms with van der Waals surface area (Å²) in [5, 5.41) is 8.87. The van der Waals surface area contributed by atoms with Crippen molar-refractivity contribution in [3.63, 3.8) is 0 Å². The molecule has 0 aromatic heterocycles. The number of alkyl halides is 3. The van der Waals surface area contributed by atoms with Crippen LogP contribution in [0.3, 0.4) is 0 Å². The monoisotopic (exact) mass is 280 g/mol. The molecule has 7 heteroatoms. The Hall–Kier alpha value is -2.44. The standard InChI is InChI=1S/C13H11F3N4/c14-13(15,16)8-2-1-3-9(6-8)20-12-10-4-5-17-11(10)18-7-19-12/h1-7,11,17,20H,(H,18,19). The van der Waals surface area contributed by atoms with Gasteiger partial charge in [-0.15, -0.1) is 0 Å². The first-order chi connectivity index (χ1) is 9.54. The molecule has 2 aliphatic heterocycles. The molecule has 0 spiro atoms. The maximum atomic E-state index is 12.7. The van der Waals surface area contributed by atoms with Crippen molar-refractivity contribution in [3.8, 4) is 0 Å². The highest BCUT2D eigenvalue weighted by Crippen LogP contribution is 2.31. The molecule has 2 heterocycles. The second-order valence-electron chi connectivity index (χ2n) is 4.36. The maximum Gasteiger partial charge on any atom is 0.416 e. The van der Waals surface area contributed by atoms with Gasteiger partial charge in [0.15, 0.2) is 0 Å². The minimum absolute atomic E-state index is 0.190. The lowest BCUT2D eigenvalue weighted by molar-refractivity contribution is -0.137. The number of halogens is 3.